The van der Waals surface area contributed by atoms with Gasteiger partial charge in [-0.2, -0.15) is 0 Å². The lowest BCUT2D eigenvalue weighted by Gasteiger charge is -2.09. The van der Waals surface area contributed by atoms with Crippen LogP contribution in [0.25, 0.3) is 11.4 Å². The largest absolute Gasteiger partial charge is 0.494 e. The van der Waals surface area contributed by atoms with Crippen LogP contribution >= 0.6 is 11.8 Å². The summed E-state index contributed by atoms with van der Waals surface area (Å²) in [6.07, 6.45) is 3.95. The molecular weight excluding hydrogens is 373 g/mol. The van der Waals surface area contributed by atoms with Crippen molar-refractivity contribution in [1.82, 2.24) is 14.8 Å². The van der Waals surface area contributed by atoms with Crippen LogP contribution in [0.15, 0.2) is 66.3 Å². The van der Waals surface area contributed by atoms with E-state index in [2.05, 4.69) is 23.7 Å². The van der Waals surface area contributed by atoms with Crippen molar-refractivity contribution in [3.63, 3.8) is 0 Å². The van der Waals surface area contributed by atoms with Gasteiger partial charge in [0.2, 0.25) is 0 Å². The quantitative estimate of drug-likeness (QED) is 0.248. The molecule has 0 aliphatic heterocycles. The van der Waals surface area contributed by atoms with E-state index >= 15 is 0 Å². The number of unbranched alkanes of at least 4 members (excludes halogenated alkanes) is 1. The Morgan fingerprint density at radius 2 is 1.93 bits per heavy atom. The maximum Gasteiger partial charge on any atom is 0.192 e. The zero-order chi connectivity index (χ0) is 19.8. The van der Waals surface area contributed by atoms with Gasteiger partial charge in [0.05, 0.1) is 6.61 Å². The van der Waals surface area contributed by atoms with Crippen LogP contribution in [0.1, 0.15) is 25.3 Å². The van der Waals surface area contributed by atoms with Gasteiger partial charge >= 0.3 is 0 Å². The van der Waals surface area contributed by atoms with Crippen LogP contribution < -0.4 is 4.74 Å². The summed E-state index contributed by atoms with van der Waals surface area (Å²) in [6, 6.07) is 14.6. The lowest BCUT2D eigenvalue weighted by atomic mass is 10.2. The first kappa shape index (κ1) is 20.1. The molecule has 0 unspecified atom stereocenters. The Kier molecular flexibility index (Phi) is 7.25. The summed E-state index contributed by atoms with van der Waals surface area (Å²) in [5.41, 5.74) is 1.60. The number of benzene rings is 2. The third-order valence-electron chi connectivity index (χ3n) is 4.22. The number of allylic oxidation sites excluding steroid dienone is 1. The molecule has 0 aliphatic rings. The van der Waals surface area contributed by atoms with Crippen molar-refractivity contribution in [3.05, 3.63) is 72.6 Å². The highest BCUT2D eigenvalue weighted by Gasteiger charge is 2.14. The second kappa shape index (κ2) is 10.1. The summed E-state index contributed by atoms with van der Waals surface area (Å²) in [5.74, 6) is 1.90. The first-order valence-corrected chi connectivity index (χ1v) is 10.3. The fourth-order valence-electron chi connectivity index (χ4n) is 2.70. The monoisotopic (exact) mass is 397 g/mol. The molecule has 146 valence electrons. The number of hydrogen-bond donors (Lipinski definition) is 0. The Morgan fingerprint density at radius 1 is 1.14 bits per heavy atom. The molecule has 0 N–H and O–H groups in total. The van der Waals surface area contributed by atoms with Crippen molar-refractivity contribution in [3.8, 4) is 17.1 Å². The maximum absolute atomic E-state index is 13.9. The average Bonchev–Trinajstić information content (AvgIpc) is 3.11. The summed E-state index contributed by atoms with van der Waals surface area (Å²) in [6.45, 7) is 7.28. The van der Waals surface area contributed by atoms with Crippen molar-refractivity contribution in [1.29, 1.82) is 0 Å². The normalized spacial score (nSPS) is 10.8. The predicted molar refractivity (Wildman–Crippen MR) is 112 cm³/mol. The Hall–Kier alpha value is -2.60. The third-order valence-corrected chi connectivity index (χ3v) is 5.24. The minimum atomic E-state index is -0.205. The van der Waals surface area contributed by atoms with E-state index < -0.39 is 0 Å². The minimum Gasteiger partial charge on any atom is -0.494 e. The molecule has 3 aromatic rings. The Bertz CT molecular complexity index is 908. The van der Waals surface area contributed by atoms with Crippen LogP contribution in [0.5, 0.6) is 5.75 Å². The molecule has 28 heavy (non-hydrogen) atoms. The highest BCUT2D eigenvalue weighted by Crippen LogP contribution is 2.28. The summed E-state index contributed by atoms with van der Waals surface area (Å²) < 4.78 is 21.6. The number of rotatable bonds is 10. The summed E-state index contributed by atoms with van der Waals surface area (Å²) in [4.78, 5) is 0. The van der Waals surface area contributed by atoms with Crippen molar-refractivity contribution >= 4 is 11.8 Å². The summed E-state index contributed by atoms with van der Waals surface area (Å²) in [5, 5.41) is 9.41. The number of thioether (sulfide) groups is 1. The average molecular weight is 398 g/mol. The van der Waals surface area contributed by atoms with Gasteiger partial charge in [-0.15, -0.1) is 16.8 Å². The van der Waals surface area contributed by atoms with E-state index in [9.17, 15) is 4.39 Å². The zero-order valence-corrected chi connectivity index (χ0v) is 16.8. The summed E-state index contributed by atoms with van der Waals surface area (Å²) in [7, 11) is 0. The van der Waals surface area contributed by atoms with Gasteiger partial charge in [0, 0.05) is 17.9 Å². The second-order valence-corrected chi connectivity index (χ2v) is 7.25. The van der Waals surface area contributed by atoms with Crippen LogP contribution in [0, 0.1) is 5.82 Å². The SMILES string of the molecule is C=CCn1c(SCc2ccccc2F)nnc1-c1ccc(OCCCC)cc1. The van der Waals surface area contributed by atoms with E-state index in [1.165, 1.54) is 17.8 Å². The molecule has 0 bridgehead atoms. The molecule has 1 heterocycles. The molecule has 6 heteroatoms. The smallest absolute Gasteiger partial charge is 0.192 e. The lowest BCUT2D eigenvalue weighted by molar-refractivity contribution is 0.309. The van der Waals surface area contributed by atoms with Gasteiger partial charge in [0.25, 0.3) is 0 Å². The van der Waals surface area contributed by atoms with Gasteiger partial charge in [-0.3, -0.25) is 4.57 Å². The van der Waals surface area contributed by atoms with Crippen molar-refractivity contribution in [2.75, 3.05) is 6.61 Å². The summed E-state index contributed by atoms with van der Waals surface area (Å²) >= 11 is 1.46. The molecule has 3 rings (SSSR count). The molecular formula is C22H24FN3OS. The molecule has 0 radical (unpaired) electrons. The van der Waals surface area contributed by atoms with E-state index in [1.54, 1.807) is 12.1 Å². The molecule has 4 nitrogen and oxygen atoms in total. The minimum absolute atomic E-state index is 0.205. The van der Waals surface area contributed by atoms with E-state index in [0.29, 0.717) is 17.9 Å². The van der Waals surface area contributed by atoms with Crippen LogP contribution in [-0.2, 0) is 12.3 Å². The molecule has 0 aliphatic carbocycles. The van der Waals surface area contributed by atoms with Gasteiger partial charge in [0.1, 0.15) is 11.6 Å². The van der Waals surface area contributed by atoms with Gasteiger partial charge < -0.3 is 4.74 Å². The number of nitrogens with zero attached hydrogens (tertiary/aromatic N) is 3. The standard InChI is InChI=1S/C22H24FN3OS/c1-3-5-15-27-19-12-10-17(11-13-19)21-24-25-22(26(21)14-4-2)28-16-18-8-6-7-9-20(18)23/h4,6-13H,2-3,5,14-16H2,1H3. The van der Waals surface area contributed by atoms with Crippen LogP contribution in [0.2, 0.25) is 0 Å². The number of halogens is 1. The molecule has 0 saturated carbocycles. The first-order valence-electron chi connectivity index (χ1n) is 9.36. The van der Waals surface area contributed by atoms with Crippen LogP contribution in [0.4, 0.5) is 4.39 Å². The first-order chi connectivity index (χ1) is 13.7. The highest BCUT2D eigenvalue weighted by atomic mass is 32.2. The maximum atomic E-state index is 13.9. The number of hydrogen-bond acceptors (Lipinski definition) is 4. The van der Waals surface area contributed by atoms with Crippen molar-refractivity contribution < 1.29 is 9.13 Å². The van der Waals surface area contributed by atoms with E-state index in [4.69, 9.17) is 4.74 Å². The molecule has 0 amide bonds. The molecule has 0 spiro atoms. The fourth-order valence-corrected chi connectivity index (χ4v) is 3.63. The third kappa shape index (κ3) is 5.01. The van der Waals surface area contributed by atoms with E-state index in [1.807, 2.05) is 41.0 Å². The van der Waals surface area contributed by atoms with E-state index in [-0.39, 0.29) is 5.82 Å². The second-order valence-electron chi connectivity index (χ2n) is 6.31. The molecule has 1 aromatic heterocycles. The fraction of sp³-hybridized carbons (Fsp3) is 0.273. The zero-order valence-electron chi connectivity index (χ0n) is 16.0. The molecule has 0 saturated heterocycles. The highest BCUT2D eigenvalue weighted by molar-refractivity contribution is 7.98. The van der Waals surface area contributed by atoms with Gasteiger partial charge in [-0.05, 0) is 42.3 Å². The molecule has 0 fully saturated rings. The Morgan fingerprint density at radius 3 is 2.64 bits per heavy atom. The molecule has 0 atom stereocenters. The molecule has 2 aromatic carbocycles. The van der Waals surface area contributed by atoms with Crippen LogP contribution in [-0.4, -0.2) is 21.4 Å². The van der Waals surface area contributed by atoms with Crippen molar-refractivity contribution in [2.45, 2.75) is 37.2 Å². The number of aromatic nitrogens is 3. The predicted octanol–water partition coefficient (Wildman–Crippen LogP) is 5.74. The van der Waals surface area contributed by atoms with E-state index in [0.717, 1.165) is 41.7 Å². The Balaban J connectivity index is 1.76. The lowest BCUT2D eigenvalue weighted by Crippen LogP contribution is -2.01. The number of ether oxygens (including phenoxy) is 1. The van der Waals surface area contributed by atoms with Gasteiger partial charge in [0.15, 0.2) is 11.0 Å². The van der Waals surface area contributed by atoms with Crippen LogP contribution in [0.3, 0.4) is 0 Å². The Labute approximate surface area is 169 Å². The van der Waals surface area contributed by atoms with Crippen molar-refractivity contribution in [2.24, 2.45) is 0 Å². The topological polar surface area (TPSA) is 39.9 Å². The van der Waals surface area contributed by atoms with Gasteiger partial charge in [-0.25, -0.2) is 4.39 Å². The van der Waals surface area contributed by atoms with Gasteiger partial charge in [-0.1, -0.05) is 49.4 Å².